The fourth-order valence-corrected chi connectivity index (χ4v) is 3.69. The molecule has 0 fully saturated rings. The number of para-hydroxylation sites is 1. The fourth-order valence-electron chi connectivity index (χ4n) is 2.55. The van der Waals surface area contributed by atoms with Crippen LogP contribution in [-0.2, 0) is 0 Å². The molecule has 2 nitrogen and oxygen atoms in total. The van der Waals surface area contributed by atoms with E-state index in [0.717, 1.165) is 37.0 Å². The minimum Gasteiger partial charge on any atom is -0.256 e. The minimum atomic E-state index is 0.743. The summed E-state index contributed by atoms with van der Waals surface area (Å²) in [6.45, 7) is 0. The Labute approximate surface area is 125 Å². The molecule has 0 amide bonds. The Balaban J connectivity index is 2.02. The molecule has 0 aliphatic carbocycles. The number of rotatable bonds is 1. The Bertz CT molecular complexity index is 1010. The number of fused-ring (bicyclic) bond motifs is 2. The molecule has 4 aromatic rings. The van der Waals surface area contributed by atoms with Crippen LogP contribution in [0.4, 0.5) is 0 Å². The van der Waals surface area contributed by atoms with Crippen molar-refractivity contribution < 1.29 is 0 Å². The van der Waals surface area contributed by atoms with E-state index in [9.17, 15) is 5.26 Å². The Morgan fingerprint density at radius 1 is 1.00 bits per heavy atom. The number of hydrogen-bond donors (Lipinski definition) is 0. The van der Waals surface area contributed by atoms with E-state index in [4.69, 9.17) is 0 Å². The molecule has 3 heteroatoms. The van der Waals surface area contributed by atoms with Crippen LogP contribution in [0.5, 0.6) is 0 Å². The smallest absolute Gasteiger partial charge is 0.101 e. The molecule has 0 unspecified atom stereocenters. The second-order valence-electron chi connectivity index (χ2n) is 4.83. The van der Waals surface area contributed by atoms with Gasteiger partial charge in [-0.15, -0.1) is 11.3 Å². The maximum absolute atomic E-state index is 9.52. The van der Waals surface area contributed by atoms with Gasteiger partial charge in [0.2, 0.25) is 0 Å². The Kier molecular flexibility index (Phi) is 2.70. The molecule has 0 atom stereocenters. The minimum absolute atomic E-state index is 0.743. The average molecular weight is 286 g/mol. The lowest BCUT2D eigenvalue weighted by atomic mass is 10.1. The van der Waals surface area contributed by atoms with Gasteiger partial charge in [0.15, 0.2) is 0 Å². The zero-order valence-electron chi connectivity index (χ0n) is 11.1. The summed E-state index contributed by atoms with van der Waals surface area (Å²) in [7, 11) is 0. The summed E-state index contributed by atoms with van der Waals surface area (Å²) in [6.07, 6.45) is 1.86. The third kappa shape index (κ3) is 1.89. The highest BCUT2D eigenvalue weighted by atomic mass is 32.1. The summed E-state index contributed by atoms with van der Waals surface area (Å²) in [6, 6.07) is 20.5. The van der Waals surface area contributed by atoms with Gasteiger partial charge in [-0.2, -0.15) is 5.26 Å². The molecular weight excluding hydrogens is 276 g/mol. The molecule has 2 aromatic heterocycles. The van der Waals surface area contributed by atoms with E-state index in [1.807, 2.05) is 48.7 Å². The summed E-state index contributed by atoms with van der Waals surface area (Å²) >= 11 is 1.65. The normalized spacial score (nSPS) is 10.8. The second kappa shape index (κ2) is 4.69. The molecule has 21 heavy (non-hydrogen) atoms. The first-order valence-corrected chi connectivity index (χ1v) is 7.45. The molecule has 2 heterocycles. The van der Waals surface area contributed by atoms with Crippen LogP contribution in [0.1, 0.15) is 5.56 Å². The third-order valence-electron chi connectivity index (χ3n) is 3.56. The van der Waals surface area contributed by atoms with E-state index >= 15 is 0 Å². The molecular formula is C18H10N2S. The predicted molar refractivity (Wildman–Crippen MR) is 87.3 cm³/mol. The van der Waals surface area contributed by atoms with E-state index in [-0.39, 0.29) is 0 Å². The van der Waals surface area contributed by atoms with Crippen molar-refractivity contribution >= 4 is 32.3 Å². The summed E-state index contributed by atoms with van der Waals surface area (Å²) < 4.78 is 1.14. The maximum atomic E-state index is 9.52. The first-order chi connectivity index (χ1) is 10.4. The summed E-state index contributed by atoms with van der Waals surface area (Å²) in [4.78, 5) is 5.50. The van der Waals surface area contributed by atoms with E-state index in [0.29, 0.717) is 0 Å². The highest BCUT2D eigenvalue weighted by molar-refractivity contribution is 7.22. The van der Waals surface area contributed by atoms with E-state index in [1.165, 1.54) is 0 Å². The predicted octanol–water partition coefficient (Wildman–Crippen LogP) is 4.99. The summed E-state index contributed by atoms with van der Waals surface area (Å²) in [5, 5.41) is 11.6. The first-order valence-electron chi connectivity index (χ1n) is 6.63. The van der Waals surface area contributed by atoms with Gasteiger partial charge in [-0.05, 0) is 18.2 Å². The molecule has 0 aliphatic heterocycles. The average Bonchev–Trinajstić information content (AvgIpc) is 2.93. The third-order valence-corrected chi connectivity index (χ3v) is 4.78. The van der Waals surface area contributed by atoms with Crippen LogP contribution in [0.25, 0.3) is 31.4 Å². The molecule has 0 saturated carbocycles. The number of thiophene rings is 1. The number of nitrogens with zero attached hydrogens (tertiary/aromatic N) is 2. The topological polar surface area (TPSA) is 36.7 Å². The quantitative estimate of drug-likeness (QED) is 0.494. The lowest BCUT2D eigenvalue weighted by molar-refractivity contribution is 1.41. The Hall–Kier alpha value is -2.70. The number of hydrogen-bond acceptors (Lipinski definition) is 3. The first kappa shape index (κ1) is 12.1. The van der Waals surface area contributed by atoms with Crippen molar-refractivity contribution in [3.8, 4) is 16.5 Å². The van der Waals surface area contributed by atoms with Crippen LogP contribution in [0.15, 0.2) is 60.8 Å². The lowest BCUT2D eigenvalue weighted by Crippen LogP contribution is -1.82. The van der Waals surface area contributed by atoms with Gasteiger partial charge < -0.3 is 0 Å². The molecule has 4 rings (SSSR count). The van der Waals surface area contributed by atoms with E-state index in [2.05, 4.69) is 23.2 Å². The lowest BCUT2D eigenvalue weighted by Gasteiger charge is -2.01. The fraction of sp³-hybridized carbons (Fsp3) is 0. The number of nitriles is 1. The van der Waals surface area contributed by atoms with Crippen molar-refractivity contribution in [1.29, 1.82) is 5.26 Å². The van der Waals surface area contributed by atoms with Crippen LogP contribution in [-0.4, -0.2) is 4.98 Å². The van der Waals surface area contributed by atoms with Gasteiger partial charge in [0, 0.05) is 27.2 Å². The van der Waals surface area contributed by atoms with Crippen molar-refractivity contribution in [3.63, 3.8) is 0 Å². The molecule has 0 radical (unpaired) electrons. The molecule has 2 aromatic carbocycles. The molecule has 0 N–H and O–H groups in total. The molecule has 98 valence electrons. The number of pyridine rings is 1. The summed E-state index contributed by atoms with van der Waals surface area (Å²) in [5.41, 5.74) is 2.72. The standard InChI is InChI=1S/C18H10N2S/c19-10-15-14-6-2-4-8-17(14)21-18(15)13-9-12-5-1-3-7-16(12)20-11-13/h1-9,11H. The van der Waals surface area contributed by atoms with Gasteiger partial charge in [-0.1, -0.05) is 36.4 Å². The van der Waals surface area contributed by atoms with Gasteiger partial charge in [0.25, 0.3) is 0 Å². The van der Waals surface area contributed by atoms with Gasteiger partial charge in [-0.3, -0.25) is 4.98 Å². The Morgan fingerprint density at radius 2 is 1.81 bits per heavy atom. The highest BCUT2D eigenvalue weighted by Gasteiger charge is 2.13. The Morgan fingerprint density at radius 3 is 2.71 bits per heavy atom. The molecule has 0 bridgehead atoms. The van der Waals surface area contributed by atoms with Crippen LogP contribution in [0.2, 0.25) is 0 Å². The van der Waals surface area contributed by atoms with E-state index in [1.54, 1.807) is 11.3 Å². The number of aromatic nitrogens is 1. The monoisotopic (exact) mass is 286 g/mol. The van der Waals surface area contributed by atoms with Crippen LogP contribution in [0, 0.1) is 11.3 Å². The van der Waals surface area contributed by atoms with Crippen molar-refractivity contribution in [2.75, 3.05) is 0 Å². The zero-order valence-corrected chi connectivity index (χ0v) is 11.9. The van der Waals surface area contributed by atoms with Crippen molar-refractivity contribution in [3.05, 3.63) is 66.4 Å². The van der Waals surface area contributed by atoms with Crippen molar-refractivity contribution in [2.24, 2.45) is 0 Å². The van der Waals surface area contributed by atoms with Crippen molar-refractivity contribution in [1.82, 2.24) is 4.98 Å². The van der Waals surface area contributed by atoms with Gasteiger partial charge in [-0.25, -0.2) is 0 Å². The molecule has 0 saturated heterocycles. The largest absolute Gasteiger partial charge is 0.256 e. The van der Waals surface area contributed by atoms with Gasteiger partial charge in [0.1, 0.15) is 6.07 Å². The number of benzene rings is 2. The van der Waals surface area contributed by atoms with Crippen LogP contribution in [0.3, 0.4) is 0 Å². The molecule has 0 aliphatic rings. The molecule has 0 spiro atoms. The SMILES string of the molecule is N#Cc1c(-c2cnc3ccccc3c2)sc2ccccc12. The second-order valence-corrected chi connectivity index (χ2v) is 5.88. The van der Waals surface area contributed by atoms with Crippen molar-refractivity contribution in [2.45, 2.75) is 0 Å². The highest BCUT2D eigenvalue weighted by Crippen LogP contribution is 2.38. The summed E-state index contributed by atoms with van der Waals surface area (Å²) in [5.74, 6) is 0. The van der Waals surface area contributed by atoms with Gasteiger partial charge >= 0.3 is 0 Å². The van der Waals surface area contributed by atoms with Crippen LogP contribution < -0.4 is 0 Å². The van der Waals surface area contributed by atoms with E-state index < -0.39 is 0 Å². The maximum Gasteiger partial charge on any atom is 0.101 e. The van der Waals surface area contributed by atoms with Gasteiger partial charge in [0.05, 0.1) is 16.0 Å². The zero-order chi connectivity index (χ0) is 14.2. The van der Waals surface area contributed by atoms with Crippen LogP contribution >= 0.6 is 11.3 Å².